The normalized spacial score (nSPS) is 16.8. The van der Waals surface area contributed by atoms with Crippen LogP contribution in [-0.2, 0) is 4.74 Å². The molecule has 0 spiro atoms. The number of hydrogen-bond donors (Lipinski definition) is 1. The lowest BCUT2D eigenvalue weighted by molar-refractivity contribution is -0.0365. The molecule has 0 aliphatic carbocycles. The number of carboxylic acid groups (broad SMARTS) is 1. The first kappa shape index (κ1) is 23.6. The van der Waals surface area contributed by atoms with Crippen molar-refractivity contribution >= 4 is 40.1 Å². The van der Waals surface area contributed by atoms with Gasteiger partial charge in [0.05, 0.1) is 21.1 Å². The van der Waals surface area contributed by atoms with Crippen molar-refractivity contribution in [2.75, 3.05) is 6.61 Å². The van der Waals surface area contributed by atoms with E-state index in [1.807, 2.05) is 35.9 Å². The highest BCUT2D eigenvalue weighted by Gasteiger charge is 2.23. The molecule has 7 nitrogen and oxygen atoms in total. The highest BCUT2D eigenvalue weighted by atomic mass is 35.5. The van der Waals surface area contributed by atoms with Crippen LogP contribution in [0, 0.1) is 0 Å². The van der Waals surface area contributed by atoms with Gasteiger partial charge in [0, 0.05) is 35.5 Å². The average Bonchev–Trinajstić information content (AvgIpc) is 3.23. The Morgan fingerprint density at radius 1 is 1.17 bits per heavy atom. The van der Waals surface area contributed by atoms with E-state index >= 15 is 0 Å². The first-order chi connectivity index (χ1) is 16.9. The number of rotatable bonds is 6. The van der Waals surface area contributed by atoms with Crippen molar-refractivity contribution in [1.82, 2.24) is 14.8 Å². The molecule has 1 aliphatic rings. The summed E-state index contributed by atoms with van der Waals surface area (Å²) in [6.07, 6.45) is 5.41. The summed E-state index contributed by atoms with van der Waals surface area (Å²) in [5.74, 6) is -0.385. The van der Waals surface area contributed by atoms with Gasteiger partial charge < -0.3 is 14.6 Å². The fourth-order valence-corrected chi connectivity index (χ4v) is 5.09. The quantitative estimate of drug-likeness (QED) is 0.301. The van der Waals surface area contributed by atoms with E-state index in [1.165, 1.54) is 12.4 Å². The maximum atomic E-state index is 11.6. The summed E-state index contributed by atoms with van der Waals surface area (Å²) in [4.78, 5) is 15.6. The van der Waals surface area contributed by atoms with Crippen LogP contribution in [0.25, 0.3) is 22.2 Å². The highest BCUT2D eigenvalue weighted by Crippen LogP contribution is 2.37. The summed E-state index contributed by atoms with van der Waals surface area (Å²) in [5, 5.41) is 16.1. The molecule has 1 N–H and O–H groups in total. The minimum atomic E-state index is -0.991. The standard InChI is InChI=1S/C26H23Cl2N3O4/c1-15(24-20(27)13-29-14-21(24)28)35-18-8-9-22-19(12-18)25(16-5-4-6-17(11-16)26(32)33)30-31(22)23-7-2-3-10-34-23/h4-6,8-9,11-15,23H,2-3,7,10H2,1H3,(H,32,33)/t15-,23?/m1/s1. The summed E-state index contributed by atoms with van der Waals surface area (Å²) >= 11 is 12.6. The zero-order valence-electron chi connectivity index (χ0n) is 18.9. The molecule has 1 unspecified atom stereocenters. The Kier molecular flexibility index (Phi) is 6.65. The van der Waals surface area contributed by atoms with E-state index in [0.717, 1.165) is 30.2 Å². The lowest BCUT2D eigenvalue weighted by Crippen LogP contribution is -2.19. The number of aromatic nitrogens is 3. The Balaban J connectivity index is 1.59. The van der Waals surface area contributed by atoms with Crippen LogP contribution >= 0.6 is 23.2 Å². The van der Waals surface area contributed by atoms with Gasteiger partial charge in [0.2, 0.25) is 0 Å². The number of carbonyl (C=O) groups is 1. The molecular weight excluding hydrogens is 489 g/mol. The molecule has 35 heavy (non-hydrogen) atoms. The third-order valence-corrected chi connectivity index (χ3v) is 6.70. The second-order valence-electron chi connectivity index (χ2n) is 8.46. The SMILES string of the molecule is C[C@@H](Oc1ccc2c(c1)c(-c1cccc(C(=O)O)c1)nn2C1CCCCO1)c1c(Cl)cncc1Cl. The van der Waals surface area contributed by atoms with Crippen molar-refractivity contribution in [2.45, 2.75) is 38.5 Å². The second-order valence-corrected chi connectivity index (χ2v) is 9.27. The van der Waals surface area contributed by atoms with E-state index in [0.29, 0.717) is 39.2 Å². The molecule has 4 aromatic rings. The Morgan fingerprint density at radius 2 is 1.97 bits per heavy atom. The van der Waals surface area contributed by atoms with E-state index in [4.69, 9.17) is 37.8 Å². The summed E-state index contributed by atoms with van der Waals surface area (Å²) in [7, 11) is 0. The molecular formula is C26H23Cl2N3O4. The maximum absolute atomic E-state index is 11.6. The van der Waals surface area contributed by atoms with Crippen LogP contribution in [0.3, 0.4) is 0 Å². The zero-order valence-corrected chi connectivity index (χ0v) is 20.5. The highest BCUT2D eigenvalue weighted by molar-refractivity contribution is 6.35. The molecule has 180 valence electrons. The number of benzene rings is 2. The topological polar surface area (TPSA) is 86.5 Å². The molecule has 0 amide bonds. The van der Waals surface area contributed by atoms with Gasteiger partial charge in [-0.15, -0.1) is 0 Å². The molecule has 2 atom stereocenters. The maximum Gasteiger partial charge on any atom is 0.335 e. The number of ether oxygens (including phenoxy) is 2. The minimum absolute atomic E-state index is 0.178. The van der Waals surface area contributed by atoms with Crippen molar-refractivity contribution < 1.29 is 19.4 Å². The predicted octanol–water partition coefficient (Wildman–Crippen LogP) is 6.94. The molecule has 2 aromatic carbocycles. The van der Waals surface area contributed by atoms with E-state index in [1.54, 1.807) is 18.2 Å². The number of carboxylic acids is 1. The van der Waals surface area contributed by atoms with Crippen LogP contribution in [-0.4, -0.2) is 32.4 Å². The fourth-order valence-electron chi connectivity index (χ4n) is 4.41. The van der Waals surface area contributed by atoms with Crippen LogP contribution in [0.2, 0.25) is 10.0 Å². The number of fused-ring (bicyclic) bond motifs is 1. The smallest absolute Gasteiger partial charge is 0.335 e. The number of aromatic carboxylic acids is 1. The van der Waals surface area contributed by atoms with Gasteiger partial charge in [-0.3, -0.25) is 4.98 Å². The van der Waals surface area contributed by atoms with Gasteiger partial charge in [0.1, 0.15) is 17.5 Å². The molecule has 0 saturated carbocycles. The van der Waals surface area contributed by atoms with Crippen LogP contribution in [0.4, 0.5) is 0 Å². The molecule has 5 rings (SSSR count). The van der Waals surface area contributed by atoms with Crippen molar-refractivity contribution in [3.63, 3.8) is 0 Å². The molecule has 9 heteroatoms. The van der Waals surface area contributed by atoms with E-state index in [9.17, 15) is 9.90 Å². The molecule has 1 saturated heterocycles. The molecule has 1 aliphatic heterocycles. The van der Waals surface area contributed by atoms with Gasteiger partial charge in [0.25, 0.3) is 0 Å². The Hall–Kier alpha value is -3.13. The van der Waals surface area contributed by atoms with Crippen molar-refractivity contribution in [3.8, 4) is 17.0 Å². The van der Waals surface area contributed by atoms with Crippen molar-refractivity contribution in [1.29, 1.82) is 0 Å². The third kappa shape index (κ3) is 4.72. The summed E-state index contributed by atoms with van der Waals surface area (Å²) in [6, 6.07) is 12.5. The molecule has 0 radical (unpaired) electrons. The van der Waals surface area contributed by atoms with E-state index < -0.39 is 12.1 Å². The largest absolute Gasteiger partial charge is 0.486 e. The van der Waals surface area contributed by atoms with Gasteiger partial charge in [-0.25, -0.2) is 9.48 Å². The van der Waals surface area contributed by atoms with Crippen LogP contribution in [0.5, 0.6) is 5.75 Å². The summed E-state index contributed by atoms with van der Waals surface area (Å²) in [5.41, 5.74) is 3.10. The van der Waals surface area contributed by atoms with Gasteiger partial charge in [-0.1, -0.05) is 35.3 Å². The molecule has 3 heterocycles. The second kappa shape index (κ2) is 9.85. The monoisotopic (exact) mass is 511 g/mol. The molecule has 0 bridgehead atoms. The number of pyridine rings is 1. The van der Waals surface area contributed by atoms with E-state index in [2.05, 4.69) is 4.98 Å². The van der Waals surface area contributed by atoms with Gasteiger partial charge in [-0.2, -0.15) is 5.10 Å². The molecule has 2 aromatic heterocycles. The lowest BCUT2D eigenvalue weighted by Gasteiger charge is -2.23. The first-order valence-electron chi connectivity index (χ1n) is 11.4. The number of nitrogens with zero attached hydrogens (tertiary/aromatic N) is 3. The minimum Gasteiger partial charge on any atom is -0.486 e. The van der Waals surface area contributed by atoms with Gasteiger partial charge in [0.15, 0.2) is 6.23 Å². The number of halogens is 2. The fraction of sp³-hybridized carbons (Fsp3) is 0.269. The van der Waals surface area contributed by atoms with Gasteiger partial charge >= 0.3 is 5.97 Å². The summed E-state index contributed by atoms with van der Waals surface area (Å²) in [6.45, 7) is 2.55. The van der Waals surface area contributed by atoms with Crippen molar-refractivity contribution in [3.05, 3.63) is 76.0 Å². The Morgan fingerprint density at radius 3 is 2.69 bits per heavy atom. The predicted molar refractivity (Wildman–Crippen MR) is 134 cm³/mol. The Labute approximate surface area is 212 Å². The van der Waals surface area contributed by atoms with Crippen molar-refractivity contribution in [2.24, 2.45) is 0 Å². The molecule has 1 fully saturated rings. The van der Waals surface area contributed by atoms with E-state index in [-0.39, 0.29) is 11.8 Å². The zero-order chi connectivity index (χ0) is 24.5. The van der Waals surface area contributed by atoms with Crippen LogP contribution in [0.15, 0.2) is 54.9 Å². The number of hydrogen-bond acceptors (Lipinski definition) is 5. The average molecular weight is 512 g/mol. The Bertz CT molecular complexity index is 1380. The van der Waals surface area contributed by atoms with Gasteiger partial charge in [-0.05, 0) is 56.5 Å². The first-order valence-corrected chi connectivity index (χ1v) is 12.1. The third-order valence-electron chi connectivity index (χ3n) is 6.10. The lowest BCUT2D eigenvalue weighted by atomic mass is 10.0. The van der Waals surface area contributed by atoms with Crippen LogP contribution < -0.4 is 4.74 Å². The summed E-state index contributed by atoms with van der Waals surface area (Å²) < 4.78 is 14.1. The van der Waals surface area contributed by atoms with Crippen LogP contribution in [0.1, 0.15) is 54.4 Å².